The van der Waals surface area contributed by atoms with Crippen LogP contribution in [0.4, 0.5) is 0 Å². The van der Waals surface area contributed by atoms with E-state index >= 15 is 0 Å². The summed E-state index contributed by atoms with van der Waals surface area (Å²) in [5.41, 5.74) is 5.50. The largest absolute Gasteiger partial charge is 0.329 e. The number of sulfone groups is 1. The fourth-order valence-corrected chi connectivity index (χ4v) is 3.21. The molecule has 0 bridgehead atoms. The molecule has 0 radical (unpaired) electrons. The monoisotopic (exact) mass is 220 g/mol. The van der Waals surface area contributed by atoms with Gasteiger partial charge in [0.2, 0.25) is 0 Å². The Morgan fingerprint density at radius 3 is 2.79 bits per heavy atom. The summed E-state index contributed by atoms with van der Waals surface area (Å²) in [6.45, 7) is 2.63. The Labute approximate surface area is 86.2 Å². The summed E-state index contributed by atoms with van der Waals surface area (Å²) in [5, 5.41) is 3.36. The third-order valence-electron chi connectivity index (χ3n) is 2.66. The van der Waals surface area contributed by atoms with E-state index in [4.69, 9.17) is 5.73 Å². The van der Waals surface area contributed by atoms with Crippen molar-refractivity contribution in [2.24, 2.45) is 5.73 Å². The third-order valence-corrected chi connectivity index (χ3v) is 4.43. The molecule has 5 heteroatoms. The Balaban J connectivity index is 2.42. The standard InChI is InChI=1S/C9H20N2O2S/c1-8(7-10)11-9-3-2-5-14(12,13)6-4-9/h8-9,11H,2-7,10H2,1H3. The second-order valence-corrected chi connectivity index (χ2v) is 6.39. The molecule has 14 heavy (non-hydrogen) atoms. The van der Waals surface area contributed by atoms with Crippen molar-refractivity contribution in [3.63, 3.8) is 0 Å². The van der Waals surface area contributed by atoms with E-state index in [9.17, 15) is 8.42 Å². The summed E-state index contributed by atoms with van der Waals surface area (Å²) in [6, 6.07) is 0.603. The molecule has 1 saturated heterocycles. The summed E-state index contributed by atoms with van der Waals surface area (Å²) < 4.78 is 22.6. The van der Waals surface area contributed by atoms with Crippen molar-refractivity contribution < 1.29 is 8.42 Å². The molecule has 1 aliphatic heterocycles. The van der Waals surface area contributed by atoms with Crippen LogP contribution < -0.4 is 11.1 Å². The van der Waals surface area contributed by atoms with Crippen molar-refractivity contribution >= 4 is 9.84 Å². The molecule has 0 aromatic rings. The molecule has 0 amide bonds. The van der Waals surface area contributed by atoms with Crippen LogP contribution in [0.1, 0.15) is 26.2 Å². The summed E-state index contributed by atoms with van der Waals surface area (Å²) >= 11 is 0. The quantitative estimate of drug-likeness (QED) is 0.696. The predicted molar refractivity (Wildman–Crippen MR) is 57.9 cm³/mol. The van der Waals surface area contributed by atoms with Gasteiger partial charge in [0, 0.05) is 18.6 Å². The first-order chi connectivity index (χ1) is 6.53. The zero-order valence-corrected chi connectivity index (χ0v) is 9.52. The first kappa shape index (κ1) is 11.9. The van der Waals surface area contributed by atoms with E-state index in [-0.39, 0.29) is 6.04 Å². The molecule has 1 aliphatic rings. The Hall–Kier alpha value is -0.130. The lowest BCUT2D eigenvalue weighted by atomic mass is 10.1. The molecule has 0 aromatic heterocycles. The molecule has 0 saturated carbocycles. The van der Waals surface area contributed by atoms with E-state index in [1.165, 1.54) is 0 Å². The molecule has 1 heterocycles. The summed E-state index contributed by atoms with van der Waals surface area (Å²) in [5.74, 6) is 0.671. The van der Waals surface area contributed by atoms with Gasteiger partial charge in [-0.2, -0.15) is 0 Å². The molecule has 1 rings (SSSR count). The predicted octanol–water partition coefficient (Wildman–Crippen LogP) is -0.109. The maximum Gasteiger partial charge on any atom is 0.150 e. The molecule has 84 valence electrons. The van der Waals surface area contributed by atoms with Gasteiger partial charge in [0.1, 0.15) is 9.84 Å². The zero-order chi connectivity index (χ0) is 10.6. The van der Waals surface area contributed by atoms with E-state index in [2.05, 4.69) is 5.32 Å². The minimum Gasteiger partial charge on any atom is -0.329 e. The van der Waals surface area contributed by atoms with Gasteiger partial charge in [-0.3, -0.25) is 0 Å². The van der Waals surface area contributed by atoms with Gasteiger partial charge < -0.3 is 11.1 Å². The maximum atomic E-state index is 11.3. The van der Waals surface area contributed by atoms with Crippen molar-refractivity contribution in [1.82, 2.24) is 5.32 Å². The van der Waals surface area contributed by atoms with Crippen LogP contribution in [0.2, 0.25) is 0 Å². The number of nitrogens with two attached hydrogens (primary N) is 1. The Morgan fingerprint density at radius 1 is 1.43 bits per heavy atom. The van der Waals surface area contributed by atoms with Crippen LogP contribution >= 0.6 is 0 Å². The highest BCUT2D eigenvalue weighted by atomic mass is 32.2. The SMILES string of the molecule is CC(CN)NC1CCCS(=O)(=O)CC1. The smallest absolute Gasteiger partial charge is 0.150 e. The minimum atomic E-state index is -2.77. The van der Waals surface area contributed by atoms with Gasteiger partial charge in [-0.05, 0) is 26.2 Å². The van der Waals surface area contributed by atoms with Crippen LogP contribution in [0.25, 0.3) is 0 Å². The Bertz CT molecular complexity index is 264. The highest BCUT2D eigenvalue weighted by Crippen LogP contribution is 2.12. The van der Waals surface area contributed by atoms with Crippen molar-refractivity contribution in [1.29, 1.82) is 0 Å². The van der Waals surface area contributed by atoms with Gasteiger partial charge in [-0.15, -0.1) is 0 Å². The molecule has 2 unspecified atom stereocenters. The third kappa shape index (κ3) is 3.94. The number of rotatable bonds is 3. The highest BCUT2D eigenvalue weighted by Gasteiger charge is 2.21. The average Bonchev–Trinajstić information content (AvgIpc) is 2.28. The van der Waals surface area contributed by atoms with Crippen molar-refractivity contribution in [3.05, 3.63) is 0 Å². The average molecular weight is 220 g/mol. The minimum absolute atomic E-state index is 0.279. The van der Waals surface area contributed by atoms with Crippen molar-refractivity contribution in [2.45, 2.75) is 38.3 Å². The van der Waals surface area contributed by atoms with Crippen LogP contribution in [0.5, 0.6) is 0 Å². The molecule has 4 nitrogen and oxygen atoms in total. The van der Waals surface area contributed by atoms with Gasteiger partial charge >= 0.3 is 0 Å². The zero-order valence-electron chi connectivity index (χ0n) is 8.70. The number of hydrogen-bond donors (Lipinski definition) is 2. The van der Waals surface area contributed by atoms with Gasteiger partial charge in [0.05, 0.1) is 11.5 Å². The molecule has 0 spiro atoms. The Kier molecular flexibility index (Phi) is 4.34. The molecule has 0 aliphatic carbocycles. The lowest BCUT2D eigenvalue weighted by Gasteiger charge is -2.20. The molecular formula is C9H20N2O2S. The second kappa shape index (κ2) is 5.09. The maximum absolute atomic E-state index is 11.3. The summed E-state index contributed by atoms with van der Waals surface area (Å²) in [7, 11) is -2.77. The van der Waals surface area contributed by atoms with E-state index in [1.54, 1.807) is 0 Å². The van der Waals surface area contributed by atoms with Crippen molar-refractivity contribution in [2.75, 3.05) is 18.1 Å². The summed E-state index contributed by atoms with van der Waals surface area (Å²) in [6.07, 6.45) is 2.45. The van der Waals surface area contributed by atoms with Gasteiger partial charge in [-0.25, -0.2) is 8.42 Å². The molecule has 2 atom stereocenters. The van der Waals surface area contributed by atoms with Crippen LogP contribution in [-0.4, -0.2) is 38.6 Å². The molecule has 0 aromatic carbocycles. The van der Waals surface area contributed by atoms with E-state index < -0.39 is 9.84 Å². The molecule has 3 N–H and O–H groups in total. The van der Waals surface area contributed by atoms with Gasteiger partial charge in [0.25, 0.3) is 0 Å². The van der Waals surface area contributed by atoms with Crippen molar-refractivity contribution in [3.8, 4) is 0 Å². The lowest BCUT2D eigenvalue weighted by molar-refractivity contribution is 0.420. The van der Waals surface area contributed by atoms with E-state index in [0.29, 0.717) is 24.1 Å². The lowest BCUT2D eigenvalue weighted by Crippen LogP contribution is -2.41. The first-order valence-corrected chi connectivity index (χ1v) is 7.02. The highest BCUT2D eigenvalue weighted by molar-refractivity contribution is 7.91. The molecular weight excluding hydrogens is 200 g/mol. The topological polar surface area (TPSA) is 72.2 Å². The normalized spacial score (nSPS) is 29.4. The second-order valence-electron chi connectivity index (χ2n) is 4.08. The van der Waals surface area contributed by atoms with E-state index in [0.717, 1.165) is 19.3 Å². The fourth-order valence-electron chi connectivity index (χ4n) is 1.75. The van der Waals surface area contributed by atoms with Gasteiger partial charge in [-0.1, -0.05) is 0 Å². The number of nitrogens with one attached hydrogen (secondary N) is 1. The van der Waals surface area contributed by atoms with Gasteiger partial charge in [0.15, 0.2) is 0 Å². The van der Waals surface area contributed by atoms with E-state index in [1.807, 2.05) is 6.92 Å². The summed E-state index contributed by atoms with van der Waals surface area (Å²) in [4.78, 5) is 0. The van der Waals surface area contributed by atoms with Crippen LogP contribution in [0, 0.1) is 0 Å². The Morgan fingerprint density at radius 2 is 2.14 bits per heavy atom. The number of hydrogen-bond acceptors (Lipinski definition) is 4. The van der Waals surface area contributed by atoms with Crippen LogP contribution in [0.3, 0.4) is 0 Å². The molecule has 1 fully saturated rings. The fraction of sp³-hybridized carbons (Fsp3) is 1.00. The van der Waals surface area contributed by atoms with Crippen LogP contribution in [0.15, 0.2) is 0 Å². The van der Waals surface area contributed by atoms with Crippen LogP contribution in [-0.2, 0) is 9.84 Å². The first-order valence-electron chi connectivity index (χ1n) is 5.20.